The topological polar surface area (TPSA) is 42.9 Å². The Balaban J connectivity index is 1.05. The second-order valence-corrected chi connectivity index (χ2v) is 14.0. The van der Waals surface area contributed by atoms with E-state index < -0.39 is 0 Å². The van der Waals surface area contributed by atoms with Gasteiger partial charge >= 0.3 is 0 Å². The molecule has 0 bridgehead atoms. The highest BCUT2D eigenvalue weighted by atomic mass is 15.0. The summed E-state index contributed by atoms with van der Waals surface area (Å²) in [5.41, 5.74) is 12.8. The molecule has 11 rings (SSSR count). The van der Waals surface area contributed by atoms with Crippen molar-refractivity contribution in [3.8, 4) is 34.3 Å². The zero-order valence-corrected chi connectivity index (χ0v) is 29.5. The van der Waals surface area contributed by atoms with Gasteiger partial charge in [0.25, 0.3) is 0 Å². The fourth-order valence-electron chi connectivity index (χ4n) is 8.66. The monoisotopic (exact) mass is 699 g/mol. The molecule has 0 saturated carbocycles. The molecule has 3 heterocycles. The lowest BCUT2D eigenvalue weighted by molar-refractivity contribution is 1.15. The summed E-state index contributed by atoms with van der Waals surface area (Å²) >= 11 is 0. The molecule has 0 N–H and O–H groups in total. The predicted octanol–water partition coefficient (Wildman–Crippen LogP) is 13.1. The predicted molar refractivity (Wildman–Crippen MR) is 226 cm³/mol. The molecule has 0 amide bonds. The van der Waals surface area contributed by atoms with Gasteiger partial charge in [-0.05, 0) is 90.0 Å². The molecule has 0 radical (unpaired) electrons. The number of nitriles is 1. The largest absolute Gasteiger partial charge is 0.319 e. The maximum absolute atomic E-state index is 9.82. The average molecular weight is 700 g/mol. The number of nitrogens with zero attached hydrogens (tertiary/aromatic N) is 5. The van der Waals surface area contributed by atoms with Crippen molar-refractivity contribution in [1.82, 2.24) is 13.7 Å². The third-order valence-electron chi connectivity index (χ3n) is 11.1. The van der Waals surface area contributed by atoms with Gasteiger partial charge in [0.1, 0.15) is 0 Å². The standard InChI is InChI=1S/C50H29N5/c1-52-43-29-34(21-27-49(43)55-46-16-8-4-12-39(46)40-13-5-9-17-47(40)55)33-19-22-35(23-20-33)53-48-26-18-32(31-51)28-42(48)41-25-24-36(30-50(41)53)54-44-14-6-2-10-37(44)38-11-3-7-15-45(38)54/h2-30H. The molecule has 0 aliphatic carbocycles. The fourth-order valence-corrected chi connectivity index (χ4v) is 8.66. The van der Waals surface area contributed by atoms with Crippen LogP contribution in [0.5, 0.6) is 0 Å². The molecule has 5 heteroatoms. The Bertz CT molecular complexity index is 3350. The second kappa shape index (κ2) is 11.8. The van der Waals surface area contributed by atoms with Gasteiger partial charge in [0, 0.05) is 43.7 Å². The molecule has 55 heavy (non-hydrogen) atoms. The van der Waals surface area contributed by atoms with E-state index in [2.05, 4.69) is 182 Å². The number of para-hydroxylation sites is 4. The minimum absolute atomic E-state index is 0.598. The van der Waals surface area contributed by atoms with Crippen LogP contribution in [0.15, 0.2) is 176 Å². The Morgan fingerprint density at radius 2 is 0.891 bits per heavy atom. The first-order valence-electron chi connectivity index (χ1n) is 18.3. The second-order valence-electron chi connectivity index (χ2n) is 14.0. The van der Waals surface area contributed by atoms with Crippen LogP contribution in [0.25, 0.3) is 98.5 Å². The number of fused-ring (bicyclic) bond motifs is 9. The van der Waals surface area contributed by atoms with Gasteiger partial charge in [-0.2, -0.15) is 5.26 Å². The van der Waals surface area contributed by atoms with Crippen LogP contribution >= 0.6 is 0 Å². The molecule has 0 saturated heterocycles. The SMILES string of the molecule is [C-]#[N+]c1cc(-c2ccc(-n3c4ccc(C#N)cc4c4ccc(-n5c6ccccc6c6ccccc65)cc43)cc2)ccc1-n1c2ccccc2c2ccccc21. The van der Waals surface area contributed by atoms with Crippen molar-refractivity contribution in [3.63, 3.8) is 0 Å². The lowest BCUT2D eigenvalue weighted by atomic mass is 10.0. The molecule has 0 spiro atoms. The number of hydrogen-bond acceptors (Lipinski definition) is 1. The van der Waals surface area contributed by atoms with E-state index in [1.165, 1.54) is 21.5 Å². The molecule has 5 nitrogen and oxygen atoms in total. The van der Waals surface area contributed by atoms with Crippen molar-refractivity contribution in [1.29, 1.82) is 5.26 Å². The summed E-state index contributed by atoms with van der Waals surface area (Å²) < 4.78 is 6.84. The Hall–Kier alpha value is -7.86. The van der Waals surface area contributed by atoms with Crippen molar-refractivity contribution in [2.75, 3.05) is 0 Å². The van der Waals surface area contributed by atoms with Crippen LogP contribution < -0.4 is 0 Å². The normalized spacial score (nSPS) is 11.6. The minimum atomic E-state index is 0.598. The maximum atomic E-state index is 9.82. The molecule has 0 atom stereocenters. The third-order valence-corrected chi connectivity index (χ3v) is 11.1. The summed E-state index contributed by atoms with van der Waals surface area (Å²) in [5, 5.41) is 16.7. The smallest absolute Gasteiger partial charge is 0.211 e. The molecule has 0 unspecified atom stereocenters. The van der Waals surface area contributed by atoms with Crippen LogP contribution in [-0.4, -0.2) is 13.7 Å². The molecule has 254 valence electrons. The van der Waals surface area contributed by atoms with Crippen molar-refractivity contribution >= 4 is 71.1 Å². The molecule has 0 aliphatic heterocycles. The summed E-state index contributed by atoms with van der Waals surface area (Å²) in [7, 11) is 0. The van der Waals surface area contributed by atoms with Crippen molar-refractivity contribution in [2.24, 2.45) is 0 Å². The van der Waals surface area contributed by atoms with Crippen LogP contribution in [0.2, 0.25) is 0 Å². The maximum Gasteiger partial charge on any atom is 0.211 e. The van der Waals surface area contributed by atoms with E-state index in [9.17, 15) is 5.26 Å². The van der Waals surface area contributed by atoms with E-state index in [4.69, 9.17) is 6.57 Å². The third kappa shape index (κ3) is 4.51. The quantitative estimate of drug-likeness (QED) is 0.169. The van der Waals surface area contributed by atoms with Crippen molar-refractivity contribution in [2.45, 2.75) is 0 Å². The van der Waals surface area contributed by atoms with E-state index >= 15 is 0 Å². The zero-order valence-electron chi connectivity index (χ0n) is 29.5. The number of rotatable bonds is 4. The Labute approximate surface area is 316 Å². The van der Waals surface area contributed by atoms with Gasteiger partial charge in [-0.3, -0.25) is 0 Å². The first-order valence-corrected chi connectivity index (χ1v) is 18.3. The number of hydrogen-bond donors (Lipinski definition) is 0. The molecule has 0 fully saturated rings. The van der Waals surface area contributed by atoms with Crippen molar-refractivity contribution < 1.29 is 0 Å². The van der Waals surface area contributed by atoms with Crippen molar-refractivity contribution in [3.05, 3.63) is 193 Å². The van der Waals surface area contributed by atoms with Crippen LogP contribution in [0.1, 0.15) is 5.56 Å². The van der Waals surface area contributed by atoms with E-state index in [0.29, 0.717) is 11.3 Å². The van der Waals surface area contributed by atoms with Gasteiger partial charge in [0.2, 0.25) is 5.69 Å². The highest BCUT2D eigenvalue weighted by Gasteiger charge is 2.18. The summed E-state index contributed by atoms with van der Waals surface area (Å²) in [5.74, 6) is 0. The molecule has 11 aromatic rings. The summed E-state index contributed by atoms with van der Waals surface area (Å²) in [6.07, 6.45) is 0. The first-order chi connectivity index (χ1) is 27.2. The average Bonchev–Trinajstić information content (AvgIpc) is 3.88. The van der Waals surface area contributed by atoms with Crippen LogP contribution in [0.3, 0.4) is 0 Å². The van der Waals surface area contributed by atoms with E-state index in [0.717, 1.165) is 72.1 Å². The van der Waals surface area contributed by atoms with Gasteiger partial charge in [-0.15, -0.1) is 0 Å². The van der Waals surface area contributed by atoms with E-state index in [1.807, 2.05) is 18.2 Å². The fraction of sp³-hybridized carbons (Fsp3) is 0. The minimum Gasteiger partial charge on any atom is -0.319 e. The van der Waals surface area contributed by atoms with Gasteiger partial charge in [-0.25, -0.2) is 4.85 Å². The Morgan fingerprint density at radius 1 is 0.400 bits per heavy atom. The lowest BCUT2D eigenvalue weighted by Gasteiger charge is -2.13. The number of benzene rings is 8. The van der Waals surface area contributed by atoms with Crippen LogP contribution in [0, 0.1) is 17.9 Å². The van der Waals surface area contributed by atoms with Gasteiger partial charge in [0.15, 0.2) is 0 Å². The summed E-state index contributed by atoms with van der Waals surface area (Å²) in [4.78, 5) is 4.03. The van der Waals surface area contributed by atoms with E-state index in [-0.39, 0.29) is 0 Å². The highest BCUT2D eigenvalue weighted by molar-refractivity contribution is 6.13. The number of aromatic nitrogens is 3. The lowest BCUT2D eigenvalue weighted by Crippen LogP contribution is -1.97. The van der Waals surface area contributed by atoms with Crippen LogP contribution in [-0.2, 0) is 0 Å². The summed E-state index contributed by atoms with van der Waals surface area (Å²) in [6, 6.07) is 63.6. The van der Waals surface area contributed by atoms with Gasteiger partial charge < -0.3 is 13.7 Å². The Morgan fingerprint density at radius 3 is 1.47 bits per heavy atom. The highest BCUT2D eigenvalue weighted by Crippen LogP contribution is 2.40. The van der Waals surface area contributed by atoms with Gasteiger partial charge in [-0.1, -0.05) is 97.1 Å². The molecule has 8 aromatic carbocycles. The van der Waals surface area contributed by atoms with Gasteiger partial charge in [0.05, 0.1) is 57.0 Å². The zero-order chi connectivity index (χ0) is 36.6. The molecular weight excluding hydrogens is 671 g/mol. The Kier molecular flexibility index (Phi) is 6.61. The first kappa shape index (κ1) is 30.7. The molecule has 3 aromatic heterocycles. The van der Waals surface area contributed by atoms with Crippen LogP contribution in [0.4, 0.5) is 5.69 Å². The van der Waals surface area contributed by atoms with E-state index in [1.54, 1.807) is 0 Å². The summed E-state index contributed by atoms with van der Waals surface area (Å²) in [6.45, 7) is 8.22. The molecular formula is C50H29N5. The molecule has 0 aliphatic rings.